The predicted molar refractivity (Wildman–Crippen MR) is 69.6 cm³/mol. The van der Waals surface area contributed by atoms with E-state index in [4.69, 9.17) is 0 Å². The van der Waals surface area contributed by atoms with Gasteiger partial charge in [0.1, 0.15) is 0 Å². The first-order chi connectivity index (χ1) is 8.87. The average molecular weight is 289 g/mol. The van der Waals surface area contributed by atoms with E-state index in [0.29, 0.717) is 12.0 Å². The van der Waals surface area contributed by atoms with Gasteiger partial charge in [0, 0.05) is 12.1 Å². The zero-order valence-electron chi connectivity index (χ0n) is 10.7. The molecule has 1 fully saturated rings. The van der Waals surface area contributed by atoms with Gasteiger partial charge in [-0.2, -0.15) is 0 Å². The molecule has 0 radical (unpaired) electrons. The van der Waals surface area contributed by atoms with Crippen LogP contribution in [0.2, 0.25) is 0 Å². The van der Waals surface area contributed by atoms with Gasteiger partial charge in [-0.3, -0.25) is 0 Å². The van der Waals surface area contributed by atoms with Gasteiger partial charge in [-0.15, -0.1) is 0 Å². The predicted octanol–water partition coefficient (Wildman–Crippen LogP) is 2.19. The zero-order valence-corrected chi connectivity index (χ0v) is 11.5. The fourth-order valence-electron chi connectivity index (χ4n) is 2.39. The number of hydrogen-bond acceptors (Lipinski definition) is 3. The van der Waals surface area contributed by atoms with Crippen LogP contribution in [0.15, 0.2) is 18.2 Å². The van der Waals surface area contributed by atoms with E-state index in [9.17, 15) is 17.2 Å². The molecule has 1 aliphatic rings. The van der Waals surface area contributed by atoms with Gasteiger partial charge in [0.05, 0.1) is 11.5 Å². The maximum Gasteiger partial charge on any atom is 0.159 e. The molecule has 2 unspecified atom stereocenters. The molecule has 1 aromatic rings. The van der Waals surface area contributed by atoms with Crippen LogP contribution in [0.3, 0.4) is 0 Å². The van der Waals surface area contributed by atoms with Crippen molar-refractivity contribution in [2.45, 2.75) is 31.8 Å². The van der Waals surface area contributed by atoms with E-state index in [-0.39, 0.29) is 23.6 Å². The molecule has 3 nitrogen and oxygen atoms in total. The Morgan fingerprint density at radius 1 is 1.32 bits per heavy atom. The zero-order chi connectivity index (χ0) is 14.0. The number of hydrogen-bond donors (Lipinski definition) is 1. The van der Waals surface area contributed by atoms with Crippen molar-refractivity contribution in [1.29, 1.82) is 0 Å². The van der Waals surface area contributed by atoms with Crippen LogP contribution in [0.5, 0.6) is 0 Å². The minimum Gasteiger partial charge on any atom is -0.306 e. The van der Waals surface area contributed by atoms with Gasteiger partial charge in [-0.05, 0) is 37.5 Å². The molecule has 1 saturated heterocycles. The summed E-state index contributed by atoms with van der Waals surface area (Å²) >= 11 is 0. The van der Waals surface area contributed by atoms with Crippen molar-refractivity contribution in [2.24, 2.45) is 0 Å². The third-order valence-electron chi connectivity index (χ3n) is 3.39. The van der Waals surface area contributed by atoms with E-state index in [1.165, 1.54) is 6.07 Å². The van der Waals surface area contributed by atoms with E-state index in [2.05, 4.69) is 5.32 Å². The lowest BCUT2D eigenvalue weighted by molar-refractivity contribution is 0.434. The number of benzene rings is 1. The molecule has 1 N–H and O–H groups in total. The molecule has 2 rings (SSSR count). The standard InChI is InChI=1S/C13H17F2NO2S/c1-9(10-4-5-12(14)13(15)7-10)16-11-3-2-6-19(17,18)8-11/h4-5,7,9,11,16H,2-3,6,8H2,1H3. The van der Waals surface area contributed by atoms with E-state index in [0.717, 1.165) is 18.6 Å². The van der Waals surface area contributed by atoms with Crippen LogP contribution < -0.4 is 5.32 Å². The van der Waals surface area contributed by atoms with Gasteiger partial charge in [0.15, 0.2) is 21.5 Å². The van der Waals surface area contributed by atoms with Gasteiger partial charge in [-0.25, -0.2) is 17.2 Å². The summed E-state index contributed by atoms with van der Waals surface area (Å²) in [5.74, 6) is -1.41. The van der Waals surface area contributed by atoms with E-state index in [1.807, 2.05) is 6.92 Å². The second kappa shape index (κ2) is 5.54. The fourth-order valence-corrected chi connectivity index (χ4v) is 4.03. The lowest BCUT2D eigenvalue weighted by atomic mass is 10.1. The summed E-state index contributed by atoms with van der Waals surface area (Å²) in [6.07, 6.45) is 1.43. The third-order valence-corrected chi connectivity index (χ3v) is 5.21. The molecule has 0 aliphatic carbocycles. The molecule has 1 aliphatic heterocycles. The van der Waals surface area contributed by atoms with Crippen molar-refractivity contribution >= 4 is 9.84 Å². The Bertz CT molecular complexity index is 560. The number of sulfone groups is 1. The highest BCUT2D eigenvalue weighted by Crippen LogP contribution is 2.19. The highest BCUT2D eigenvalue weighted by Gasteiger charge is 2.25. The molecule has 106 valence electrons. The topological polar surface area (TPSA) is 46.2 Å². The van der Waals surface area contributed by atoms with Crippen molar-refractivity contribution in [2.75, 3.05) is 11.5 Å². The maximum atomic E-state index is 13.1. The Kier molecular flexibility index (Phi) is 4.20. The molecule has 6 heteroatoms. The van der Waals surface area contributed by atoms with Crippen molar-refractivity contribution in [3.63, 3.8) is 0 Å². The Morgan fingerprint density at radius 2 is 2.05 bits per heavy atom. The van der Waals surface area contributed by atoms with Crippen LogP contribution in [0.1, 0.15) is 31.4 Å². The average Bonchev–Trinajstić information content (AvgIpc) is 2.31. The normalized spacial score (nSPS) is 24.1. The summed E-state index contributed by atoms with van der Waals surface area (Å²) in [5.41, 5.74) is 0.613. The summed E-state index contributed by atoms with van der Waals surface area (Å²) < 4.78 is 49.0. The summed E-state index contributed by atoms with van der Waals surface area (Å²) in [4.78, 5) is 0. The van der Waals surface area contributed by atoms with Crippen molar-refractivity contribution in [3.8, 4) is 0 Å². The molecule has 0 saturated carbocycles. The van der Waals surface area contributed by atoms with Gasteiger partial charge >= 0.3 is 0 Å². The second-order valence-corrected chi connectivity index (χ2v) is 7.24. The van der Waals surface area contributed by atoms with Crippen LogP contribution in [-0.2, 0) is 9.84 Å². The lowest BCUT2D eigenvalue weighted by Crippen LogP contribution is -2.41. The monoisotopic (exact) mass is 289 g/mol. The molecular formula is C13H17F2NO2S. The maximum absolute atomic E-state index is 13.1. The molecule has 0 bridgehead atoms. The molecule has 0 aromatic heterocycles. The van der Waals surface area contributed by atoms with Gasteiger partial charge < -0.3 is 5.32 Å². The van der Waals surface area contributed by atoms with Crippen molar-refractivity contribution in [1.82, 2.24) is 5.32 Å². The molecule has 0 amide bonds. The Morgan fingerprint density at radius 3 is 2.68 bits per heavy atom. The number of rotatable bonds is 3. The quantitative estimate of drug-likeness (QED) is 0.928. The lowest BCUT2D eigenvalue weighted by Gasteiger charge is -2.26. The smallest absolute Gasteiger partial charge is 0.159 e. The van der Waals surface area contributed by atoms with E-state index < -0.39 is 21.5 Å². The van der Waals surface area contributed by atoms with Crippen molar-refractivity contribution < 1.29 is 17.2 Å². The molecule has 1 heterocycles. The Labute approximate surface area is 111 Å². The largest absolute Gasteiger partial charge is 0.306 e. The Hall–Kier alpha value is -1.01. The molecule has 0 spiro atoms. The summed E-state index contributed by atoms with van der Waals surface area (Å²) in [7, 11) is -2.97. The minimum atomic E-state index is -2.97. The van der Waals surface area contributed by atoms with Crippen LogP contribution >= 0.6 is 0 Å². The first-order valence-electron chi connectivity index (χ1n) is 6.29. The minimum absolute atomic E-state index is 0.112. The van der Waals surface area contributed by atoms with Crippen LogP contribution in [0.4, 0.5) is 8.78 Å². The van der Waals surface area contributed by atoms with Crippen LogP contribution in [0.25, 0.3) is 0 Å². The van der Waals surface area contributed by atoms with Crippen LogP contribution in [-0.4, -0.2) is 26.0 Å². The molecule has 2 atom stereocenters. The summed E-state index contributed by atoms with van der Waals surface area (Å²) in [6, 6.07) is 3.40. The molecule has 19 heavy (non-hydrogen) atoms. The van der Waals surface area contributed by atoms with Gasteiger partial charge in [0.25, 0.3) is 0 Å². The fraction of sp³-hybridized carbons (Fsp3) is 0.538. The first kappa shape index (κ1) is 14.4. The molecule has 1 aromatic carbocycles. The first-order valence-corrected chi connectivity index (χ1v) is 8.11. The van der Waals surface area contributed by atoms with Crippen molar-refractivity contribution in [3.05, 3.63) is 35.4 Å². The van der Waals surface area contributed by atoms with Crippen LogP contribution in [0, 0.1) is 11.6 Å². The number of halogens is 2. The van der Waals surface area contributed by atoms with E-state index >= 15 is 0 Å². The summed E-state index contributed by atoms with van der Waals surface area (Å²) in [5, 5.41) is 3.17. The SMILES string of the molecule is CC(NC1CCCS(=O)(=O)C1)c1ccc(F)c(F)c1. The third kappa shape index (κ3) is 3.73. The van der Waals surface area contributed by atoms with E-state index in [1.54, 1.807) is 0 Å². The molecular weight excluding hydrogens is 272 g/mol. The summed E-state index contributed by atoms with van der Waals surface area (Å²) in [6.45, 7) is 1.81. The van der Waals surface area contributed by atoms with Gasteiger partial charge in [-0.1, -0.05) is 6.07 Å². The number of nitrogens with one attached hydrogen (secondary N) is 1. The second-order valence-electron chi connectivity index (χ2n) is 5.02. The van der Waals surface area contributed by atoms with Gasteiger partial charge in [0.2, 0.25) is 0 Å². The highest BCUT2D eigenvalue weighted by molar-refractivity contribution is 7.91. The Balaban J connectivity index is 2.04. The highest BCUT2D eigenvalue weighted by atomic mass is 32.2.